The summed E-state index contributed by atoms with van der Waals surface area (Å²) in [7, 11) is 3.29. The lowest BCUT2D eigenvalue weighted by Gasteiger charge is -2.28. The summed E-state index contributed by atoms with van der Waals surface area (Å²) in [6.07, 6.45) is 1.66. The number of halogens is 2. The van der Waals surface area contributed by atoms with Gasteiger partial charge in [0, 0.05) is 93.4 Å². The minimum atomic E-state index is -0.410. The van der Waals surface area contributed by atoms with Crippen molar-refractivity contribution in [3.8, 4) is 0 Å². The molecule has 6 heterocycles. The Morgan fingerprint density at radius 1 is 0.590 bits per heavy atom. The van der Waals surface area contributed by atoms with Crippen LogP contribution in [0.25, 0.3) is 22.3 Å². The van der Waals surface area contributed by atoms with Crippen LogP contribution >= 0.6 is 45.2 Å². The van der Waals surface area contributed by atoms with E-state index in [0.29, 0.717) is 60.2 Å². The van der Waals surface area contributed by atoms with E-state index >= 15 is 0 Å². The first-order chi connectivity index (χ1) is 29.5. The van der Waals surface area contributed by atoms with Crippen LogP contribution in [0.4, 0.5) is 11.9 Å². The van der Waals surface area contributed by atoms with Crippen LogP contribution in [0.1, 0.15) is 30.4 Å². The first-order valence-electron chi connectivity index (χ1n) is 20.6. The van der Waals surface area contributed by atoms with Gasteiger partial charge in [-0.2, -0.15) is 9.97 Å². The fourth-order valence-corrected chi connectivity index (χ4v) is 8.97. The Labute approximate surface area is 378 Å². The maximum Gasteiger partial charge on any atom is 0.332 e. The van der Waals surface area contributed by atoms with Crippen molar-refractivity contribution in [3.63, 3.8) is 0 Å². The first-order valence-corrected chi connectivity index (χ1v) is 22.7. The number of rotatable bonds is 12. The Morgan fingerprint density at radius 3 is 1.43 bits per heavy atom. The number of aryl methyl sites for hydroxylation is 2. The van der Waals surface area contributed by atoms with Crippen LogP contribution < -0.4 is 42.9 Å². The maximum absolute atomic E-state index is 13.4. The van der Waals surface area contributed by atoms with E-state index in [2.05, 4.69) is 65.6 Å². The normalized spacial score (nSPS) is 14.7. The molecule has 2 aliphatic heterocycles. The second kappa shape index (κ2) is 20.2. The highest BCUT2D eigenvalue weighted by Crippen LogP contribution is 2.25. The maximum atomic E-state index is 13.4. The highest BCUT2D eigenvalue weighted by atomic mass is 127. The number of piperazine rings is 1. The second-order valence-corrected chi connectivity index (χ2v) is 17.4. The molecule has 20 heteroatoms. The van der Waals surface area contributed by atoms with Gasteiger partial charge in [0.25, 0.3) is 11.1 Å². The van der Waals surface area contributed by atoms with Gasteiger partial charge in [-0.05, 0) is 94.2 Å². The number of fused-ring (bicyclic) bond motifs is 2. The predicted octanol–water partition coefficient (Wildman–Crippen LogP) is 1.07. The van der Waals surface area contributed by atoms with Gasteiger partial charge in [0.1, 0.15) is 0 Å². The smallest absolute Gasteiger partial charge is 0.332 e. The van der Waals surface area contributed by atoms with Crippen LogP contribution in [0, 0.1) is 7.14 Å². The molecule has 8 rings (SSSR count). The summed E-state index contributed by atoms with van der Waals surface area (Å²) >= 11 is 4.60. The van der Waals surface area contributed by atoms with Crippen molar-refractivity contribution in [1.82, 2.24) is 48.0 Å². The molecule has 18 nitrogen and oxygen atoms in total. The number of nitrogens with zero attached hydrogens (tertiary/aromatic N) is 10. The van der Waals surface area contributed by atoms with E-state index in [1.54, 1.807) is 14.1 Å². The van der Waals surface area contributed by atoms with Crippen LogP contribution in [0.3, 0.4) is 0 Å². The van der Waals surface area contributed by atoms with Crippen LogP contribution in [0.15, 0.2) is 67.7 Å². The number of anilines is 2. The van der Waals surface area contributed by atoms with Gasteiger partial charge in [-0.1, -0.05) is 36.4 Å². The lowest BCUT2D eigenvalue weighted by molar-refractivity contribution is 0.277. The van der Waals surface area contributed by atoms with Gasteiger partial charge in [0.15, 0.2) is 22.3 Å². The highest BCUT2D eigenvalue weighted by Gasteiger charge is 2.26. The molecule has 0 radical (unpaired) electrons. The van der Waals surface area contributed by atoms with Crippen molar-refractivity contribution in [2.45, 2.75) is 45.4 Å². The molecule has 4 N–H and O–H groups in total. The largest absolute Gasteiger partial charge is 0.396 e. The molecule has 0 saturated carbocycles. The Kier molecular flexibility index (Phi) is 14.8. The number of imidazole rings is 2. The number of aliphatic hydroxyl groups excluding tert-OH is 2. The third-order valence-corrected chi connectivity index (χ3v) is 13.2. The molecule has 4 aromatic heterocycles. The van der Waals surface area contributed by atoms with Crippen molar-refractivity contribution in [2.24, 2.45) is 14.1 Å². The van der Waals surface area contributed by atoms with Gasteiger partial charge in [-0.15, -0.1) is 0 Å². The van der Waals surface area contributed by atoms with Gasteiger partial charge >= 0.3 is 11.4 Å². The van der Waals surface area contributed by atoms with Crippen LogP contribution in [-0.2, 0) is 40.3 Å². The molecule has 0 unspecified atom stereocenters. The van der Waals surface area contributed by atoms with Crippen LogP contribution in [-0.4, -0.2) is 113 Å². The Hall–Kier alpha value is -4.36. The SMILES string of the molecule is Cn1c(=O)n(CCCO)c(=O)c2c1nc(N1CCCNCC1)n2Cc1ccccc1I.Cn1c(=O)n(CCCO)c(=O)c2c1nc(N1CCNCC1)n2Cc1ccccc1I. The molecule has 2 saturated heterocycles. The molecule has 2 aromatic carbocycles. The van der Waals surface area contributed by atoms with Crippen molar-refractivity contribution in [2.75, 3.05) is 75.4 Å². The number of aromatic nitrogens is 8. The van der Waals surface area contributed by atoms with Crippen molar-refractivity contribution >= 4 is 79.4 Å². The van der Waals surface area contributed by atoms with Gasteiger partial charge in [-0.3, -0.25) is 37.0 Å². The minimum Gasteiger partial charge on any atom is -0.396 e. The molecule has 0 aliphatic carbocycles. The van der Waals surface area contributed by atoms with Gasteiger partial charge in [-0.25, -0.2) is 9.59 Å². The Morgan fingerprint density at radius 2 is 1.00 bits per heavy atom. The number of hydrogen-bond acceptors (Lipinski definition) is 12. The summed E-state index contributed by atoms with van der Waals surface area (Å²) in [5, 5.41) is 25.1. The van der Waals surface area contributed by atoms with E-state index in [9.17, 15) is 29.4 Å². The van der Waals surface area contributed by atoms with Crippen molar-refractivity contribution < 1.29 is 10.2 Å². The van der Waals surface area contributed by atoms with E-state index in [-0.39, 0.29) is 37.4 Å². The van der Waals surface area contributed by atoms with Crippen LogP contribution in [0.2, 0.25) is 0 Å². The van der Waals surface area contributed by atoms with E-state index in [0.717, 1.165) is 77.0 Å². The van der Waals surface area contributed by atoms with Gasteiger partial charge in [0.2, 0.25) is 11.9 Å². The molecule has 326 valence electrons. The number of nitrogens with one attached hydrogen (secondary N) is 2. The number of hydrogen-bond donors (Lipinski definition) is 4. The van der Waals surface area contributed by atoms with Crippen molar-refractivity contribution in [3.05, 3.63) is 108 Å². The zero-order valence-corrected chi connectivity index (χ0v) is 38.7. The van der Waals surface area contributed by atoms with E-state index < -0.39 is 11.4 Å². The predicted molar refractivity (Wildman–Crippen MR) is 253 cm³/mol. The molecule has 0 spiro atoms. The molecular formula is C41H52I2N12O6. The summed E-state index contributed by atoms with van der Waals surface area (Å²) in [5.41, 5.74) is 2.27. The zero-order valence-electron chi connectivity index (χ0n) is 34.4. The number of benzene rings is 2. The summed E-state index contributed by atoms with van der Waals surface area (Å²) in [4.78, 5) is 66.4. The van der Waals surface area contributed by atoms with Gasteiger partial charge < -0.3 is 30.6 Å². The molecular weight excluding hydrogens is 1010 g/mol. The second-order valence-electron chi connectivity index (χ2n) is 15.1. The topological polar surface area (TPSA) is 195 Å². The minimum absolute atomic E-state index is 0.0822. The monoisotopic (exact) mass is 1060 g/mol. The number of aliphatic hydroxyl groups is 2. The average molecular weight is 1060 g/mol. The zero-order chi connectivity index (χ0) is 43.2. The molecule has 0 atom stereocenters. The fraction of sp³-hybridized carbons (Fsp3) is 0.463. The standard InChI is InChI=1S/C21H27IN6O3.C20H25IN6O3/c1-25-18-17(19(30)27(21(25)31)11-5-13-29)28(14-15-6-2-3-7-16(15)22)20(24-18)26-10-4-8-23-9-12-26;1-24-17-16(18(29)26(20(24)30)9-4-12-28)27(13-14-5-2-3-6-15(14)21)19(23-17)25-10-7-22-8-11-25/h2-3,6-7,23,29H,4-5,8-14H2,1H3;2-3,5-6,22,28H,4,7-13H2,1H3. The van der Waals surface area contributed by atoms with E-state index in [4.69, 9.17) is 9.97 Å². The Balaban J connectivity index is 0.000000184. The highest BCUT2D eigenvalue weighted by molar-refractivity contribution is 14.1. The third-order valence-electron chi connectivity index (χ3n) is 11.1. The van der Waals surface area contributed by atoms with Gasteiger partial charge in [0.05, 0.1) is 13.1 Å². The fourth-order valence-electron chi connectivity index (χ4n) is 7.86. The molecule has 2 fully saturated rings. The van der Waals surface area contributed by atoms with Crippen molar-refractivity contribution in [1.29, 1.82) is 0 Å². The quantitative estimate of drug-likeness (QED) is 0.128. The average Bonchev–Trinajstić information content (AvgIpc) is 3.71. The summed E-state index contributed by atoms with van der Waals surface area (Å²) in [6, 6.07) is 16.1. The summed E-state index contributed by atoms with van der Waals surface area (Å²) < 4.78 is 11.4. The molecule has 6 aromatic rings. The molecule has 61 heavy (non-hydrogen) atoms. The Bertz CT molecular complexity index is 2740. The molecule has 0 bridgehead atoms. The van der Waals surface area contributed by atoms with E-state index in [1.807, 2.05) is 57.7 Å². The summed E-state index contributed by atoms with van der Waals surface area (Å²) in [6.45, 7) is 7.79. The molecule has 2 aliphatic rings. The van der Waals surface area contributed by atoms with E-state index in [1.165, 1.54) is 18.3 Å². The first kappa shape index (κ1) is 44.7. The lowest BCUT2D eigenvalue weighted by Crippen LogP contribution is -2.44. The third kappa shape index (κ3) is 9.38. The van der Waals surface area contributed by atoms with Crippen LogP contribution in [0.5, 0.6) is 0 Å². The molecule has 0 amide bonds. The summed E-state index contributed by atoms with van der Waals surface area (Å²) in [5.74, 6) is 1.42. The lowest BCUT2D eigenvalue weighted by atomic mass is 10.2.